The van der Waals surface area contributed by atoms with E-state index >= 15 is 0 Å². The van der Waals surface area contributed by atoms with Gasteiger partial charge in [0.2, 0.25) is 0 Å². The first-order valence-electron chi connectivity index (χ1n) is 5.18. The minimum Gasteiger partial charge on any atom is -0.490 e. The SMILES string of the molecule is CCOc1cccc2c(CCN)coc12. The average molecular weight is 205 g/mol. The number of hydrogen-bond donors (Lipinski definition) is 1. The lowest BCUT2D eigenvalue weighted by atomic mass is 10.1. The van der Waals surface area contributed by atoms with E-state index in [9.17, 15) is 0 Å². The Hall–Kier alpha value is -1.48. The number of fused-ring (bicyclic) bond motifs is 1. The second-order valence-electron chi connectivity index (χ2n) is 3.37. The van der Waals surface area contributed by atoms with Gasteiger partial charge in [0, 0.05) is 5.39 Å². The number of rotatable bonds is 4. The van der Waals surface area contributed by atoms with Crippen molar-refractivity contribution in [1.82, 2.24) is 0 Å². The Morgan fingerprint density at radius 1 is 1.40 bits per heavy atom. The van der Waals surface area contributed by atoms with E-state index < -0.39 is 0 Å². The van der Waals surface area contributed by atoms with Gasteiger partial charge >= 0.3 is 0 Å². The molecule has 0 radical (unpaired) electrons. The van der Waals surface area contributed by atoms with Crippen molar-refractivity contribution in [3.05, 3.63) is 30.0 Å². The van der Waals surface area contributed by atoms with Crippen LogP contribution in [0, 0.1) is 0 Å². The van der Waals surface area contributed by atoms with E-state index in [2.05, 4.69) is 0 Å². The number of nitrogens with two attached hydrogens (primary N) is 1. The van der Waals surface area contributed by atoms with E-state index in [1.807, 2.05) is 25.1 Å². The third-order valence-electron chi connectivity index (χ3n) is 2.36. The van der Waals surface area contributed by atoms with Crippen molar-refractivity contribution in [3.8, 4) is 5.75 Å². The molecule has 0 saturated carbocycles. The standard InChI is InChI=1S/C12H15NO2/c1-2-14-11-5-3-4-10-9(6-7-13)8-15-12(10)11/h3-5,8H,2,6-7,13H2,1H3. The molecule has 1 heterocycles. The van der Waals surface area contributed by atoms with Gasteiger partial charge in [0.05, 0.1) is 12.9 Å². The summed E-state index contributed by atoms with van der Waals surface area (Å²) in [4.78, 5) is 0. The van der Waals surface area contributed by atoms with Crippen LogP contribution in [0.25, 0.3) is 11.0 Å². The zero-order valence-corrected chi connectivity index (χ0v) is 8.82. The zero-order chi connectivity index (χ0) is 10.7. The van der Waals surface area contributed by atoms with E-state index in [1.165, 1.54) is 0 Å². The van der Waals surface area contributed by atoms with Crippen LogP contribution in [0.1, 0.15) is 12.5 Å². The number of furan rings is 1. The van der Waals surface area contributed by atoms with Crippen molar-refractivity contribution in [3.63, 3.8) is 0 Å². The Balaban J connectivity index is 2.48. The molecule has 0 atom stereocenters. The molecule has 0 unspecified atom stereocenters. The lowest BCUT2D eigenvalue weighted by Gasteiger charge is -2.02. The van der Waals surface area contributed by atoms with Gasteiger partial charge in [-0.3, -0.25) is 0 Å². The summed E-state index contributed by atoms with van der Waals surface area (Å²) in [6.45, 7) is 3.24. The number of hydrogen-bond acceptors (Lipinski definition) is 3. The molecule has 0 spiro atoms. The highest BCUT2D eigenvalue weighted by atomic mass is 16.5. The maximum atomic E-state index is 5.53. The first-order valence-corrected chi connectivity index (χ1v) is 5.18. The maximum Gasteiger partial charge on any atom is 0.175 e. The summed E-state index contributed by atoms with van der Waals surface area (Å²) >= 11 is 0. The summed E-state index contributed by atoms with van der Waals surface area (Å²) in [6, 6.07) is 5.93. The normalized spacial score (nSPS) is 10.8. The van der Waals surface area contributed by atoms with E-state index in [-0.39, 0.29) is 0 Å². The maximum absolute atomic E-state index is 5.53. The van der Waals surface area contributed by atoms with Gasteiger partial charge in [0.1, 0.15) is 0 Å². The predicted molar refractivity (Wildman–Crippen MR) is 60.1 cm³/mol. The molecular formula is C12H15NO2. The van der Waals surface area contributed by atoms with Crippen LogP contribution in [0.15, 0.2) is 28.9 Å². The Bertz CT molecular complexity index is 448. The van der Waals surface area contributed by atoms with Crippen LogP contribution in [0.2, 0.25) is 0 Å². The Morgan fingerprint density at radius 3 is 3.00 bits per heavy atom. The van der Waals surface area contributed by atoms with Gasteiger partial charge in [-0.1, -0.05) is 12.1 Å². The quantitative estimate of drug-likeness (QED) is 0.833. The molecule has 1 aromatic heterocycles. The fraction of sp³-hybridized carbons (Fsp3) is 0.333. The minimum atomic E-state index is 0.632. The van der Waals surface area contributed by atoms with Gasteiger partial charge in [-0.05, 0) is 31.5 Å². The molecule has 0 aliphatic heterocycles. The monoisotopic (exact) mass is 205 g/mol. The van der Waals surface area contributed by atoms with Crippen molar-refractivity contribution >= 4 is 11.0 Å². The molecule has 15 heavy (non-hydrogen) atoms. The van der Waals surface area contributed by atoms with Crippen molar-refractivity contribution < 1.29 is 9.15 Å². The first kappa shape index (κ1) is 10.1. The van der Waals surface area contributed by atoms with E-state index in [4.69, 9.17) is 14.9 Å². The average Bonchev–Trinajstić information content (AvgIpc) is 2.64. The lowest BCUT2D eigenvalue weighted by Crippen LogP contribution is -2.01. The largest absolute Gasteiger partial charge is 0.490 e. The molecule has 0 bridgehead atoms. The van der Waals surface area contributed by atoms with E-state index in [0.29, 0.717) is 13.2 Å². The highest BCUT2D eigenvalue weighted by Gasteiger charge is 2.09. The Labute approximate surface area is 88.8 Å². The summed E-state index contributed by atoms with van der Waals surface area (Å²) < 4.78 is 11.0. The summed E-state index contributed by atoms with van der Waals surface area (Å²) in [5.74, 6) is 0.804. The third-order valence-corrected chi connectivity index (χ3v) is 2.36. The topological polar surface area (TPSA) is 48.4 Å². The Kier molecular flexibility index (Phi) is 2.92. The zero-order valence-electron chi connectivity index (χ0n) is 8.82. The molecule has 1 aromatic carbocycles. The fourth-order valence-electron chi connectivity index (χ4n) is 1.70. The van der Waals surface area contributed by atoms with Gasteiger partial charge in [-0.15, -0.1) is 0 Å². The first-order chi connectivity index (χ1) is 7.36. The minimum absolute atomic E-state index is 0.632. The highest BCUT2D eigenvalue weighted by Crippen LogP contribution is 2.29. The third kappa shape index (κ3) is 1.83. The summed E-state index contributed by atoms with van der Waals surface area (Å²) in [7, 11) is 0. The fourth-order valence-corrected chi connectivity index (χ4v) is 1.70. The van der Waals surface area contributed by atoms with Gasteiger partial charge in [-0.25, -0.2) is 0 Å². The summed E-state index contributed by atoms with van der Waals surface area (Å²) in [6.07, 6.45) is 2.60. The molecule has 0 fully saturated rings. The molecule has 0 aliphatic carbocycles. The number of benzene rings is 1. The highest BCUT2D eigenvalue weighted by molar-refractivity contribution is 5.86. The molecule has 0 amide bonds. The van der Waals surface area contributed by atoms with Gasteiger partial charge in [0.25, 0.3) is 0 Å². The van der Waals surface area contributed by atoms with Crippen LogP contribution in [-0.4, -0.2) is 13.2 Å². The van der Waals surface area contributed by atoms with Crippen LogP contribution >= 0.6 is 0 Å². The second kappa shape index (κ2) is 4.36. The van der Waals surface area contributed by atoms with Crippen LogP contribution in [0.4, 0.5) is 0 Å². The molecule has 0 aliphatic rings. The van der Waals surface area contributed by atoms with Crippen molar-refractivity contribution in [2.24, 2.45) is 5.73 Å². The number of ether oxygens (including phenoxy) is 1. The predicted octanol–water partition coefficient (Wildman–Crippen LogP) is 2.33. The van der Waals surface area contributed by atoms with Gasteiger partial charge in [0.15, 0.2) is 11.3 Å². The smallest absolute Gasteiger partial charge is 0.175 e. The van der Waals surface area contributed by atoms with Crippen LogP contribution in [-0.2, 0) is 6.42 Å². The molecule has 3 nitrogen and oxygen atoms in total. The molecule has 0 saturated heterocycles. The summed E-state index contributed by atoms with van der Waals surface area (Å²) in [5.41, 5.74) is 7.50. The lowest BCUT2D eigenvalue weighted by molar-refractivity contribution is 0.338. The molecule has 2 rings (SSSR count). The van der Waals surface area contributed by atoms with Crippen LogP contribution < -0.4 is 10.5 Å². The summed E-state index contributed by atoms with van der Waals surface area (Å²) in [5, 5.41) is 1.10. The molecule has 2 aromatic rings. The van der Waals surface area contributed by atoms with Crippen molar-refractivity contribution in [2.45, 2.75) is 13.3 Å². The van der Waals surface area contributed by atoms with Gasteiger partial charge in [-0.2, -0.15) is 0 Å². The van der Waals surface area contributed by atoms with Crippen molar-refractivity contribution in [1.29, 1.82) is 0 Å². The van der Waals surface area contributed by atoms with E-state index in [1.54, 1.807) is 6.26 Å². The van der Waals surface area contributed by atoms with Crippen molar-refractivity contribution in [2.75, 3.05) is 13.2 Å². The molecule has 3 heteroatoms. The van der Waals surface area contributed by atoms with Crippen LogP contribution in [0.3, 0.4) is 0 Å². The van der Waals surface area contributed by atoms with Gasteiger partial charge < -0.3 is 14.9 Å². The molecule has 2 N–H and O–H groups in total. The Morgan fingerprint density at radius 2 is 2.27 bits per heavy atom. The molecular weight excluding hydrogens is 190 g/mol. The number of para-hydroxylation sites is 1. The van der Waals surface area contributed by atoms with Crippen LogP contribution in [0.5, 0.6) is 5.75 Å². The van der Waals surface area contributed by atoms with E-state index in [0.717, 1.165) is 28.7 Å². The molecule has 80 valence electrons. The second-order valence-corrected chi connectivity index (χ2v) is 3.37.